The summed E-state index contributed by atoms with van der Waals surface area (Å²) in [5, 5.41) is 8.63. The molecule has 0 saturated heterocycles. The van der Waals surface area contributed by atoms with Gasteiger partial charge in [-0.15, -0.1) is 0 Å². The van der Waals surface area contributed by atoms with Crippen molar-refractivity contribution in [1.82, 2.24) is 0 Å². The van der Waals surface area contributed by atoms with Crippen LogP contribution in [0.5, 0.6) is 0 Å². The summed E-state index contributed by atoms with van der Waals surface area (Å²) in [6.07, 6.45) is -7.86. The Bertz CT molecular complexity index is 350. The van der Waals surface area contributed by atoms with Crippen LogP contribution in [0.1, 0.15) is 5.56 Å². The third-order valence-electron chi connectivity index (χ3n) is 1.81. The smallest absolute Gasteiger partial charge is 0.383 e. The van der Waals surface area contributed by atoms with Crippen LogP contribution < -0.4 is 0 Å². The molecule has 0 aliphatic carbocycles. The molecule has 1 unspecified atom stereocenters. The van der Waals surface area contributed by atoms with Gasteiger partial charge in [-0.3, -0.25) is 0 Å². The molecule has 6 heteroatoms. The Kier molecular flexibility index (Phi) is 3.57. The maximum absolute atomic E-state index is 12.5. The van der Waals surface area contributed by atoms with Gasteiger partial charge in [-0.2, -0.15) is 13.2 Å². The minimum Gasteiger partial charge on any atom is -0.383 e. The molecule has 1 aromatic carbocycles. The number of hydrogen-bond donors (Lipinski definition) is 1. The van der Waals surface area contributed by atoms with Gasteiger partial charge in [0.25, 0.3) is 0 Å². The third kappa shape index (κ3) is 3.35. The highest BCUT2D eigenvalue weighted by Gasteiger charge is 2.38. The molecular formula is C9H7ClF4O. The average molecular weight is 243 g/mol. The van der Waals surface area contributed by atoms with Crippen LogP contribution in [0.15, 0.2) is 18.2 Å². The number of hydrogen-bond acceptors (Lipinski definition) is 1. The van der Waals surface area contributed by atoms with Crippen LogP contribution in [0.4, 0.5) is 17.6 Å². The normalized spacial score (nSPS) is 14.0. The molecule has 1 N–H and O–H groups in total. The van der Waals surface area contributed by atoms with Crippen molar-refractivity contribution in [2.24, 2.45) is 0 Å². The fourth-order valence-electron chi connectivity index (χ4n) is 1.01. The molecule has 1 nitrogen and oxygen atoms in total. The Balaban J connectivity index is 2.82. The van der Waals surface area contributed by atoms with Crippen molar-refractivity contribution in [2.45, 2.75) is 18.7 Å². The summed E-state index contributed by atoms with van der Waals surface area (Å²) in [5.41, 5.74) is 0.0582. The lowest BCUT2D eigenvalue weighted by Gasteiger charge is -2.14. The lowest BCUT2D eigenvalue weighted by Crippen LogP contribution is -2.30. The molecule has 0 spiro atoms. The highest BCUT2D eigenvalue weighted by molar-refractivity contribution is 6.31. The van der Waals surface area contributed by atoms with Crippen molar-refractivity contribution in [3.05, 3.63) is 34.6 Å². The van der Waals surface area contributed by atoms with E-state index in [1.54, 1.807) is 0 Å². The zero-order valence-electron chi connectivity index (χ0n) is 7.35. The van der Waals surface area contributed by atoms with E-state index in [-0.39, 0.29) is 10.6 Å². The van der Waals surface area contributed by atoms with Crippen molar-refractivity contribution >= 4 is 11.6 Å². The molecule has 0 heterocycles. The summed E-state index contributed by atoms with van der Waals surface area (Å²) >= 11 is 5.51. The summed E-state index contributed by atoms with van der Waals surface area (Å²) in [6.45, 7) is 0. The predicted molar refractivity (Wildman–Crippen MR) is 47.2 cm³/mol. The van der Waals surface area contributed by atoms with Gasteiger partial charge in [0.1, 0.15) is 5.82 Å². The minimum absolute atomic E-state index is 0.0582. The Morgan fingerprint density at radius 1 is 1.33 bits per heavy atom. The summed E-state index contributed by atoms with van der Waals surface area (Å²) in [4.78, 5) is 0. The maximum Gasteiger partial charge on any atom is 0.414 e. The number of aliphatic hydroxyl groups is 1. The Morgan fingerprint density at radius 2 is 1.93 bits per heavy atom. The fraction of sp³-hybridized carbons (Fsp3) is 0.333. The number of alkyl halides is 3. The van der Waals surface area contributed by atoms with Gasteiger partial charge < -0.3 is 5.11 Å². The second kappa shape index (κ2) is 4.37. The van der Waals surface area contributed by atoms with Gasteiger partial charge in [0.15, 0.2) is 6.10 Å². The summed E-state index contributed by atoms with van der Waals surface area (Å²) in [6, 6.07) is 3.01. The summed E-state index contributed by atoms with van der Waals surface area (Å²) < 4.78 is 48.5. The molecule has 0 bridgehead atoms. The maximum atomic E-state index is 12.5. The Labute approximate surface area is 88.3 Å². The number of benzene rings is 1. The van der Waals surface area contributed by atoms with E-state index in [0.717, 1.165) is 18.2 Å². The summed E-state index contributed by atoms with van der Waals surface area (Å²) in [7, 11) is 0. The van der Waals surface area contributed by atoms with Gasteiger partial charge in [-0.25, -0.2) is 4.39 Å². The number of aliphatic hydroxyl groups excluding tert-OH is 1. The first-order valence-electron chi connectivity index (χ1n) is 3.99. The molecule has 0 amide bonds. The van der Waals surface area contributed by atoms with Gasteiger partial charge in [0, 0.05) is 11.4 Å². The molecule has 0 radical (unpaired) electrons. The average Bonchev–Trinajstić information content (AvgIpc) is 2.08. The van der Waals surface area contributed by atoms with Crippen molar-refractivity contribution < 1.29 is 22.7 Å². The van der Waals surface area contributed by atoms with E-state index < -0.39 is 24.5 Å². The number of rotatable bonds is 2. The van der Waals surface area contributed by atoms with Gasteiger partial charge in [0.2, 0.25) is 0 Å². The molecule has 84 valence electrons. The zero-order chi connectivity index (χ0) is 11.6. The highest BCUT2D eigenvalue weighted by Crippen LogP contribution is 2.26. The molecule has 15 heavy (non-hydrogen) atoms. The van der Waals surface area contributed by atoms with E-state index >= 15 is 0 Å². The van der Waals surface area contributed by atoms with E-state index in [9.17, 15) is 17.6 Å². The van der Waals surface area contributed by atoms with Crippen LogP contribution in [0.3, 0.4) is 0 Å². The summed E-state index contributed by atoms with van der Waals surface area (Å²) in [5.74, 6) is -0.634. The molecular weight excluding hydrogens is 236 g/mol. The highest BCUT2D eigenvalue weighted by atomic mass is 35.5. The van der Waals surface area contributed by atoms with Crippen molar-refractivity contribution in [2.75, 3.05) is 0 Å². The first-order valence-corrected chi connectivity index (χ1v) is 4.37. The molecule has 1 atom stereocenters. The van der Waals surface area contributed by atoms with Crippen LogP contribution in [0.2, 0.25) is 5.02 Å². The second-order valence-electron chi connectivity index (χ2n) is 3.00. The molecule has 1 aromatic rings. The van der Waals surface area contributed by atoms with E-state index in [2.05, 4.69) is 0 Å². The fourth-order valence-corrected chi connectivity index (χ4v) is 1.26. The molecule has 0 aliphatic heterocycles. The van der Waals surface area contributed by atoms with Gasteiger partial charge >= 0.3 is 6.18 Å². The van der Waals surface area contributed by atoms with Crippen LogP contribution in [0, 0.1) is 5.82 Å². The third-order valence-corrected chi connectivity index (χ3v) is 2.16. The van der Waals surface area contributed by atoms with Crippen LogP contribution in [-0.2, 0) is 6.42 Å². The first kappa shape index (κ1) is 12.3. The van der Waals surface area contributed by atoms with Crippen LogP contribution in [0.25, 0.3) is 0 Å². The lowest BCUT2D eigenvalue weighted by molar-refractivity contribution is -0.203. The monoisotopic (exact) mass is 242 g/mol. The SMILES string of the molecule is OC(Cc1ccc(F)cc1Cl)C(F)(F)F. The first-order chi connectivity index (χ1) is 6.80. The topological polar surface area (TPSA) is 20.2 Å². The molecule has 0 aliphatic rings. The van der Waals surface area contributed by atoms with E-state index in [1.807, 2.05) is 0 Å². The quantitative estimate of drug-likeness (QED) is 0.791. The molecule has 1 rings (SSSR count). The van der Waals surface area contributed by atoms with Gasteiger partial charge in [0.05, 0.1) is 0 Å². The number of halogens is 5. The minimum atomic E-state index is -4.70. The van der Waals surface area contributed by atoms with Gasteiger partial charge in [-0.1, -0.05) is 17.7 Å². The Morgan fingerprint density at radius 3 is 2.40 bits per heavy atom. The van der Waals surface area contributed by atoms with E-state index in [0.29, 0.717) is 0 Å². The van der Waals surface area contributed by atoms with Crippen molar-refractivity contribution in [3.8, 4) is 0 Å². The second-order valence-corrected chi connectivity index (χ2v) is 3.40. The van der Waals surface area contributed by atoms with Gasteiger partial charge in [-0.05, 0) is 17.7 Å². The lowest BCUT2D eigenvalue weighted by atomic mass is 10.1. The molecule has 0 aromatic heterocycles. The standard InChI is InChI=1S/C9H7ClF4O/c10-7-4-6(11)2-1-5(7)3-8(15)9(12,13)14/h1-2,4,8,15H,3H2. The zero-order valence-corrected chi connectivity index (χ0v) is 8.11. The molecule has 0 saturated carbocycles. The van der Waals surface area contributed by atoms with Crippen LogP contribution >= 0.6 is 11.6 Å². The molecule has 0 fully saturated rings. The predicted octanol–water partition coefficient (Wildman–Crippen LogP) is 2.94. The Hall–Kier alpha value is -0.810. The van der Waals surface area contributed by atoms with Crippen LogP contribution in [-0.4, -0.2) is 17.4 Å². The van der Waals surface area contributed by atoms with E-state index in [1.165, 1.54) is 0 Å². The van der Waals surface area contributed by atoms with E-state index in [4.69, 9.17) is 16.7 Å². The van der Waals surface area contributed by atoms with Crippen molar-refractivity contribution in [3.63, 3.8) is 0 Å². The largest absolute Gasteiger partial charge is 0.414 e. The van der Waals surface area contributed by atoms with Crippen molar-refractivity contribution in [1.29, 1.82) is 0 Å².